The maximum absolute atomic E-state index is 6.23. The molecule has 8 heteroatoms. The van der Waals surface area contributed by atoms with Gasteiger partial charge in [0.1, 0.15) is 23.5 Å². The number of nitrogen functional groups attached to an aromatic ring is 1. The Balaban J connectivity index is 1.77. The van der Waals surface area contributed by atoms with Crippen LogP contribution in [0.4, 0.5) is 23.0 Å². The smallest absolute Gasteiger partial charge is 0.159 e. The van der Waals surface area contributed by atoms with E-state index in [1.807, 2.05) is 36.4 Å². The molecule has 0 saturated carbocycles. The van der Waals surface area contributed by atoms with Crippen LogP contribution < -0.4 is 25.8 Å². The number of nitrogens with zero attached hydrogens (tertiary/aromatic N) is 2. The highest BCUT2D eigenvalue weighted by Crippen LogP contribution is 2.33. The molecular weight excluding hydrogens is 366 g/mol. The Morgan fingerprint density at radius 2 is 1.74 bits per heavy atom. The monoisotopic (exact) mass is 385 g/mol. The van der Waals surface area contributed by atoms with Gasteiger partial charge < -0.3 is 25.8 Å². The number of benzene rings is 2. The van der Waals surface area contributed by atoms with E-state index in [1.165, 1.54) is 6.33 Å². The largest absolute Gasteiger partial charge is 0.497 e. The summed E-state index contributed by atoms with van der Waals surface area (Å²) in [5.74, 6) is 2.32. The number of nitrogens with two attached hydrogens (primary N) is 1. The Kier molecular flexibility index (Phi) is 5.83. The van der Waals surface area contributed by atoms with Crippen LogP contribution in [0.1, 0.15) is 5.56 Å². The highest BCUT2D eigenvalue weighted by molar-refractivity contribution is 6.30. The van der Waals surface area contributed by atoms with Gasteiger partial charge in [0, 0.05) is 17.6 Å². The summed E-state index contributed by atoms with van der Waals surface area (Å²) in [6.45, 7) is 0.559. The van der Waals surface area contributed by atoms with Crippen molar-refractivity contribution in [3.8, 4) is 11.5 Å². The predicted octanol–water partition coefficient (Wildman–Crippen LogP) is 4.09. The number of anilines is 4. The summed E-state index contributed by atoms with van der Waals surface area (Å²) in [5.41, 5.74) is 8.41. The highest BCUT2D eigenvalue weighted by atomic mass is 35.5. The standard InChI is InChI=1S/C19H20ClN5O2/c1-26-14-7-8-15(16(9-14)27-2)25-19-17(21)18(23-11-24-19)22-10-12-3-5-13(20)6-4-12/h3-9,11H,10,21H2,1-2H3,(H2,22,23,24,25). The second-order valence-corrected chi connectivity index (χ2v) is 6.09. The molecule has 0 radical (unpaired) electrons. The first-order valence-electron chi connectivity index (χ1n) is 8.18. The minimum atomic E-state index is 0.407. The van der Waals surface area contributed by atoms with Crippen LogP contribution in [0.25, 0.3) is 0 Å². The molecule has 1 heterocycles. The van der Waals surface area contributed by atoms with Gasteiger partial charge in [0.2, 0.25) is 0 Å². The molecule has 0 bridgehead atoms. The average molecular weight is 386 g/mol. The van der Waals surface area contributed by atoms with E-state index in [1.54, 1.807) is 20.3 Å². The van der Waals surface area contributed by atoms with Crippen molar-refractivity contribution < 1.29 is 9.47 Å². The van der Waals surface area contributed by atoms with Gasteiger partial charge >= 0.3 is 0 Å². The molecule has 0 spiro atoms. The van der Waals surface area contributed by atoms with Crippen molar-refractivity contribution in [2.24, 2.45) is 0 Å². The van der Waals surface area contributed by atoms with Gasteiger partial charge in [-0.1, -0.05) is 23.7 Å². The molecular formula is C19H20ClN5O2. The number of nitrogens with one attached hydrogen (secondary N) is 2. The zero-order chi connectivity index (χ0) is 19.2. The van der Waals surface area contributed by atoms with Gasteiger partial charge in [-0.05, 0) is 29.8 Å². The van der Waals surface area contributed by atoms with Crippen LogP contribution in [-0.4, -0.2) is 24.2 Å². The van der Waals surface area contributed by atoms with Crippen LogP contribution in [0, 0.1) is 0 Å². The zero-order valence-electron chi connectivity index (χ0n) is 15.0. The molecule has 0 aliphatic rings. The summed E-state index contributed by atoms with van der Waals surface area (Å²) in [6.07, 6.45) is 1.44. The second-order valence-electron chi connectivity index (χ2n) is 5.66. The van der Waals surface area contributed by atoms with E-state index >= 15 is 0 Å². The molecule has 2 aromatic carbocycles. The lowest BCUT2D eigenvalue weighted by Crippen LogP contribution is -2.08. The lowest BCUT2D eigenvalue weighted by molar-refractivity contribution is 0.395. The van der Waals surface area contributed by atoms with Gasteiger partial charge in [-0.15, -0.1) is 0 Å². The summed E-state index contributed by atoms with van der Waals surface area (Å²) >= 11 is 5.91. The maximum atomic E-state index is 6.23. The molecule has 0 amide bonds. The van der Waals surface area contributed by atoms with Crippen LogP contribution in [0.3, 0.4) is 0 Å². The Morgan fingerprint density at radius 1 is 1.00 bits per heavy atom. The molecule has 0 saturated heterocycles. The molecule has 0 aliphatic carbocycles. The van der Waals surface area contributed by atoms with Crippen LogP contribution in [0.2, 0.25) is 5.02 Å². The first kappa shape index (κ1) is 18.6. The summed E-state index contributed by atoms with van der Waals surface area (Å²) < 4.78 is 10.6. The van der Waals surface area contributed by atoms with E-state index in [4.69, 9.17) is 26.8 Å². The number of ether oxygens (including phenoxy) is 2. The van der Waals surface area contributed by atoms with Gasteiger partial charge in [-0.25, -0.2) is 9.97 Å². The van der Waals surface area contributed by atoms with Crippen LogP contribution in [0.15, 0.2) is 48.8 Å². The van der Waals surface area contributed by atoms with E-state index < -0.39 is 0 Å². The van der Waals surface area contributed by atoms with Crippen LogP contribution in [0.5, 0.6) is 11.5 Å². The SMILES string of the molecule is COc1ccc(Nc2ncnc(NCc3ccc(Cl)cc3)c2N)c(OC)c1. The zero-order valence-corrected chi connectivity index (χ0v) is 15.7. The van der Waals surface area contributed by atoms with Gasteiger partial charge in [-0.3, -0.25) is 0 Å². The van der Waals surface area contributed by atoms with Crippen molar-refractivity contribution in [2.75, 3.05) is 30.6 Å². The molecule has 7 nitrogen and oxygen atoms in total. The van der Waals surface area contributed by atoms with Gasteiger partial charge in [0.05, 0.1) is 19.9 Å². The van der Waals surface area contributed by atoms with Crippen LogP contribution >= 0.6 is 11.6 Å². The number of hydrogen-bond donors (Lipinski definition) is 3. The second kappa shape index (κ2) is 8.46. The van der Waals surface area contributed by atoms with E-state index in [-0.39, 0.29) is 0 Å². The van der Waals surface area contributed by atoms with E-state index in [0.717, 1.165) is 5.56 Å². The fourth-order valence-electron chi connectivity index (χ4n) is 2.45. The number of methoxy groups -OCH3 is 2. The lowest BCUT2D eigenvalue weighted by atomic mass is 10.2. The lowest BCUT2D eigenvalue weighted by Gasteiger charge is -2.15. The molecule has 0 aliphatic heterocycles. The van der Waals surface area contributed by atoms with Crippen molar-refractivity contribution in [1.82, 2.24) is 9.97 Å². The normalized spacial score (nSPS) is 10.3. The molecule has 0 atom stereocenters. The molecule has 0 fully saturated rings. The summed E-state index contributed by atoms with van der Waals surface area (Å²) in [4.78, 5) is 8.45. The third-order valence-electron chi connectivity index (χ3n) is 3.92. The minimum absolute atomic E-state index is 0.407. The first-order valence-corrected chi connectivity index (χ1v) is 8.56. The first-order chi connectivity index (χ1) is 13.1. The van der Waals surface area contributed by atoms with Gasteiger partial charge in [0.25, 0.3) is 0 Å². The van der Waals surface area contributed by atoms with Crippen LogP contribution in [-0.2, 0) is 6.54 Å². The predicted molar refractivity (Wildman–Crippen MR) is 108 cm³/mol. The Morgan fingerprint density at radius 3 is 2.44 bits per heavy atom. The van der Waals surface area contributed by atoms with Crippen molar-refractivity contribution in [3.63, 3.8) is 0 Å². The fraction of sp³-hybridized carbons (Fsp3) is 0.158. The third kappa shape index (κ3) is 4.51. The topological polar surface area (TPSA) is 94.3 Å². The molecule has 27 heavy (non-hydrogen) atoms. The van der Waals surface area contributed by atoms with E-state index in [2.05, 4.69) is 20.6 Å². The fourth-order valence-corrected chi connectivity index (χ4v) is 2.58. The molecule has 4 N–H and O–H groups in total. The number of rotatable bonds is 7. The molecule has 0 unspecified atom stereocenters. The minimum Gasteiger partial charge on any atom is -0.497 e. The maximum Gasteiger partial charge on any atom is 0.159 e. The highest BCUT2D eigenvalue weighted by Gasteiger charge is 2.11. The van der Waals surface area contributed by atoms with E-state index in [9.17, 15) is 0 Å². The quantitative estimate of drug-likeness (QED) is 0.564. The van der Waals surface area contributed by atoms with Crippen molar-refractivity contribution >= 4 is 34.6 Å². The Hall–Kier alpha value is -3.19. The number of halogens is 1. The Bertz CT molecular complexity index is 918. The van der Waals surface area contributed by atoms with Crippen molar-refractivity contribution in [1.29, 1.82) is 0 Å². The summed E-state index contributed by atoms with van der Waals surface area (Å²) in [6, 6.07) is 13.0. The molecule has 140 valence electrons. The van der Waals surface area contributed by atoms with Crippen molar-refractivity contribution in [3.05, 3.63) is 59.4 Å². The van der Waals surface area contributed by atoms with E-state index in [0.29, 0.717) is 46.1 Å². The third-order valence-corrected chi connectivity index (χ3v) is 4.17. The molecule has 3 rings (SSSR count). The number of aromatic nitrogens is 2. The molecule has 3 aromatic rings. The van der Waals surface area contributed by atoms with Gasteiger partial charge in [0.15, 0.2) is 11.6 Å². The molecule has 1 aromatic heterocycles. The summed E-state index contributed by atoms with van der Waals surface area (Å²) in [5, 5.41) is 7.08. The van der Waals surface area contributed by atoms with Gasteiger partial charge in [-0.2, -0.15) is 0 Å². The average Bonchev–Trinajstić information content (AvgIpc) is 2.70. The van der Waals surface area contributed by atoms with Crippen molar-refractivity contribution in [2.45, 2.75) is 6.54 Å². The summed E-state index contributed by atoms with van der Waals surface area (Å²) in [7, 11) is 3.19. The number of hydrogen-bond acceptors (Lipinski definition) is 7. The Labute approximate surface area is 162 Å².